The molecule has 3 unspecified atom stereocenters. The molecule has 0 N–H and O–H groups in total. The Bertz CT molecular complexity index is 736. The molecule has 0 amide bonds. The molecule has 3 nitrogen and oxygen atoms in total. The highest BCUT2D eigenvalue weighted by Gasteiger charge is 2.59. The Balaban J connectivity index is 1.51. The van der Waals surface area contributed by atoms with Crippen molar-refractivity contribution in [2.24, 2.45) is 46.3 Å². The molecule has 3 fully saturated rings. The van der Waals surface area contributed by atoms with E-state index in [0.717, 1.165) is 37.5 Å². The molecule has 0 bridgehead atoms. The largest absolute Gasteiger partial charge is 0.458 e. The van der Waals surface area contributed by atoms with Crippen molar-refractivity contribution < 1.29 is 14.3 Å². The van der Waals surface area contributed by atoms with Crippen LogP contribution in [0.2, 0.25) is 0 Å². The molecule has 0 aromatic heterocycles. The van der Waals surface area contributed by atoms with Gasteiger partial charge in [0.1, 0.15) is 11.9 Å². The maximum absolute atomic E-state index is 12.5. The van der Waals surface area contributed by atoms with Gasteiger partial charge in [-0.3, -0.25) is 9.59 Å². The highest BCUT2D eigenvalue weighted by atomic mass is 16.5. The van der Waals surface area contributed by atoms with Gasteiger partial charge in [-0.2, -0.15) is 0 Å². The van der Waals surface area contributed by atoms with Crippen molar-refractivity contribution in [2.45, 2.75) is 99.0 Å². The summed E-state index contributed by atoms with van der Waals surface area (Å²) in [5, 5.41) is 0. The van der Waals surface area contributed by atoms with E-state index in [2.05, 4.69) is 33.8 Å². The van der Waals surface area contributed by atoms with Crippen molar-refractivity contribution in [3.05, 3.63) is 11.6 Å². The van der Waals surface area contributed by atoms with Crippen molar-refractivity contribution in [3.63, 3.8) is 0 Å². The summed E-state index contributed by atoms with van der Waals surface area (Å²) in [4.78, 5) is 24.8. The molecule has 0 aromatic rings. The number of hydrogen-bond acceptors (Lipinski definition) is 3. The topological polar surface area (TPSA) is 43.4 Å². The monoisotopic (exact) mass is 414 g/mol. The zero-order valence-electron chi connectivity index (χ0n) is 20.0. The molecule has 0 aliphatic heterocycles. The van der Waals surface area contributed by atoms with Gasteiger partial charge in [0.2, 0.25) is 0 Å². The van der Waals surface area contributed by atoms with Gasteiger partial charge in [0.25, 0.3) is 0 Å². The van der Waals surface area contributed by atoms with Crippen molar-refractivity contribution in [2.75, 3.05) is 0 Å². The lowest BCUT2D eigenvalue weighted by molar-refractivity contribution is -0.154. The lowest BCUT2D eigenvalue weighted by atomic mass is 9.46. The minimum Gasteiger partial charge on any atom is -0.458 e. The van der Waals surface area contributed by atoms with Crippen molar-refractivity contribution in [1.29, 1.82) is 0 Å². The molecule has 8 atom stereocenters. The predicted octanol–water partition coefficient (Wildman–Crippen LogP) is 6.36. The van der Waals surface area contributed by atoms with Crippen LogP contribution in [0.5, 0.6) is 0 Å². The molecular weight excluding hydrogens is 372 g/mol. The fourth-order valence-corrected chi connectivity index (χ4v) is 7.99. The number of hydrogen-bond donors (Lipinski definition) is 0. The van der Waals surface area contributed by atoms with Crippen LogP contribution in [0.4, 0.5) is 0 Å². The summed E-state index contributed by atoms with van der Waals surface area (Å²) in [6.07, 6.45) is 11.6. The van der Waals surface area contributed by atoms with Crippen LogP contribution in [0, 0.1) is 46.3 Å². The number of carbonyl (C=O) groups excluding carboxylic acids is 2. The predicted molar refractivity (Wildman–Crippen MR) is 120 cm³/mol. The summed E-state index contributed by atoms with van der Waals surface area (Å²) < 4.78 is 5.92. The molecule has 3 saturated carbocycles. The molecule has 0 spiro atoms. The first-order valence-electron chi connectivity index (χ1n) is 12.5. The maximum Gasteiger partial charge on any atom is 0.309 e. The molecule has 3 heteroatoms. The molecular formula is C27H42O3. The summed E-state index contributed by atoms with van der Waals surface area (Å²) in [7, 11) is 0. The number of esters is 1. The Kier molecular flexibility index (Phi) is 5.73. The van der Waals surface area contributed by atoms with Gasteiger partial charge in [-0.15, -0.1) is 0 Å². The third-order valence-corrected chi connectivity index (χ3v) is 10.2. The Labute approximate surface area is 183 Å². The Morgan fingerprint density at radius 3 is 2.40 bits per heavy atom. The van der Waals surface area contributed by atoms with Crippen molar-refractivity contribution >= 4 is 11.8 Å². The number of ketones is 1. The molecule has 4 aliphatic carbocycles. The van der Waals surface area contributed by atoms with Crippen LogP contribution in [0.1, 0.15) is 92.9 Å². The third-order valence-electron chi connectivity index (χ3n) is 10.2. The van der Waals surface area contributed by atoms with Crippen LogP contribution in [-0.2, 0) is 14.3 Å². The highest BCUT2D eigenvalue weighted by molar-refractivity contribution is 5.79. The van der Waals surface area contributed by atoms with E-state index in [1.165, 1.54) is 25.7 Å². The number of carbonyl (C=O) groups is 2. The molecule has 30 heavy (non-hydrogen) atoms. The summed E-state index contributed by atoms with van der Waals surface area (Å²) in [5.41, 5.74) is 2.03. The molecule has 0 heterocycles. The Hall–Kier alpha value is -1.12. The first kappa shape index (κ1) is 22.1. The molecule has 0 radical (unpaired) electrons. The second-order valence-corrected chi connectivity index (χ2v) is 11.9. The number of fused-ring (bicyclic) bond motifs is 5. The van der Waals surface area contributed by atoms with Crippen LogP contribution >= 0.6 is 0 Å². The van der Waals surface area contributed by atoms with E-state index in [9.17, 15) is 9.59 Å². The van der Waals surface area contributed by atoms with Gasteiger partial charge in [-0.05, 0) is 98.9 Å². The second-order valence-electron chi connectivity index (χ2n) is 11.9. The van der Waals surface area contributed by atoms with E-state index in [4.69, 9.17) is 4.74 Å². The lowest BCUT2D eigenvalue weighted by Gasteiger charge is -2.58. The average molecular weight is 415 g/mol. The number of ether oxygens (including phenoxy) is 1. The normalized spacial score (nSPS) is 43.8. The van der Waals surface area contributed by atoms with E-state index in [0.29, 0.717) is 17.6 Å². The summed E-state index contributed by atoms with van der Waals surface area (Å²) in [6.45, 7) is 12.9. The van der Waals surface area contributed by atoms with E-state index in [1.807, 2.05) is 13.8 Å². The van der Waals surface area contributed by atoms with Gasteiger partial charge >= 0.3 is 5.97 Å². The number of allylic oxidation sites excluding steroid dienone is 1. The molecule has 168 valence electrons. The first-order valence-corrected chi connectivity index (χ1v) is 12.5. The fraction of sp³-hybridized carbons (Fsp3) is 0.852. The zero-order valence-corrected chi connectivity index (χ0v) is 20.0. The van der Waals surface area contributed by atoms with Crippen LogP contribution in [0.25, 0.3) is 0 Å². The summed E-state index contributed by atoms with van der Waals surface area (Å²) >= 11 is 0. The maximum atomic E-state index is 12.5. The Morgan fingerprint density at radius 1 is 1.00 bits per heavy atom. The van der Waals surface area contributed by atoms with Crippen LogP contribution in [0.15, 0.2) is 11.6 Å². The van der Waals surface area contributed by atoms with Gasteiger partial charge in [-0.1, -0.05) is 40.2 Å². The molecule has 4 aliphatic rings. The van der Waals surface area contributed by atoms with E-state index in [-0.39, 0.29) is 34.7 Å². The fourth-order valence-electron chi connectivity index (χ4n) is 7.99. The average Bonchev–Trinajstić information content (AvgIpc) is 3.05. The summed E-state index contributed by atoms with van der Waals surface area (Å²) in [5.74, 6) is 3.13. The van der Waals surface area contributed by atoms with Crippen LogP contribution in [-0.4, -0.2) is 17.9 Å². The van der Waals surface area contributed by atoms with Crippen molar-refractivity contribution in [1.82, 2.24) is 0 Å². The smallest absolute Gasteiger partial charge is 0.309 e. The third kappa shape index (κ3) is 3.39. The minimum atomic E-state index is -0.0428. The van der Waals surface area contributed by atoms with E-state index < -0.39 is 0 Å². The van der Waals surface area contributed by atoms with Crippen LogP contribution < -0.4 is 0 Å². The van der Waals surface area contributed by atoms with Crippen LogP contribution in [0.3, 0.4) is 0 Å². The standard InChI is InChI=1S/C27H42O3/c1-16(2)17(3)25(29)30-20-11-13-26(5)19(15-20)7-8-21-23-10-9-22(18(4)28)27(23,6)14-12-24(21)26/h15-17,20-24H,7-14H2,1-6H3/t17-,20+,21?,22+,23?,24?,26-,27+/m0/s1. The number of Topliss-reactive ketones (excluding diaryl/α,β-unsaturated/α-hetero) is 1. The summed E-state index contributed by atoms with van der Waals surface area (Å²) in [6, 6.07) is 0. The van der Waals surface area contributed by atoms with Crippen molar-refractivity contribution in [3.8, 4) is 0 Å². The zero-order chi connectivity index (χ0) is 21.8. The second kappa shape index (κ2) is 7.78. The SMILES string of the molecule is CC(=O)[C@H]1CCC2C3CCC4=C[C@H](OC(=O)[C@@H](C)C(C)C)CC[C@]4(C)C3CC[C@@]21C. The highest BCUT2D eigenvalue weighted by Crippen LogP contribution is 2.66. The van der Waals surface area contributed by atoms with Gasteiger partial charge in [0.05, 0.1) is 5.92 Å². The molecule has 0 aromatic carbocycles. The van der Waals surface area contributed by atoms with Gasteiger partial charge in [0, 0.05) is 5.92 Å². The molecule has 4 rings (SSSR count). The van der Waals surface area contributed by atoms with Gasteiger partial charge < -0.3 is 4.74 Å². The molecule has 0 saturated heterocycles. The van der Waals surface area contributed by atoms with E-state index in [1.54, 1.807) is 5.57 Å². The number of rotatable bonds is 4. The minimum absolute atomic E-state index is 0.0410. The first-order chi connectivity index (χ1) is 14.1. The van der Waals surface area contributed by atoms with Gasteiger partial charge in [0.15, 0.2) is 0 Å². The quantitative estimate of drug-likeness (QED) is 0.397. The lowest BCUT2D eigenvalue weighted by Crippen LogP contribution is -2.51. The van der Waals surface area contributed by atoms with Gasteiger partial charge in [-0.25, -0.2) is 0 Å². The Morgan fingerprint density at radius 2 is 1.73 bits per heavy atom. The van der Waals surface area contributed by atoms with E-state index >= 15 is 0 Å².